The number of nitrogens with one attached hydrogen (secondary N) is 1. The largest absolute Gasteiger partial charge is 0.479 e. The number of aliphatic hydroxyl groups is 1. The third kappa shape index (κ3) is 5.42. The summed E-state index contributed by atoms with van der Waals surface area (Å²) in [6.07, 6.45) is 7.28. The molecule has 192 valence electrons. The van der Waals surface area contributed by atoms with E-state index in [4.69, 9.17) is 15.2 Å². The van der Waals surface area contributed by atoms with Crippen molar-refractivity contribution in [1.29, 1.82) is 0 Å². The highest BCUT2D eigenvalue weighted by Gasteiger charge is 2.20. The van der Waals surface area contributed by atoms with Crippen LogP contribution < -0.4 is 10.5 Å². The monoisotopic (exact) mass is 494 g/mol. The lowest BCUT2D eigenvalue weighted by molar-refractivity contribution is 0.188. The number of allylic oxidation sites excluding steroid dienone is 1. The molecule has 0 radical (unpaired) electrons. The van der Waals surface area contributed by atoms with E-state index in [2.05, 4.69) is 44.0 Å². The number of nitrogens with zero attached hydrogens (tertiary/aromatic N) is 6. The number of aromatic amines is 1. The van der Waals surface area contributed by atoms with Crippen molar-refractivity contribution in [3.63, 3.8) is 0 Å². The fourth-order valence-corrected chi connectivity index (χ4v) is 4.08. The Hall–Kier alpha value is -3.70. The van der Waals surface area contributed by atoms with Gasteiger partial charge in [-0.3, -0.25) is 20.0 Å². The molecule has 0 aromatic carbocycles. The number of ether oxygens (including phenoxy) is 2. The summed E-state index contributed by atoms with van der Waals surface area (Å²) in [4.78, 5) is 11.5. The molecule has 3 aromatic rings. The van der Waals surface area contributed by atoms with Gasteiger partial charge < -0.3 is 20.3 Å². The summed E-state index contributed by atoms with van der Waals surface area (Å²) in [5.74, 6) is 0.923. The Labute approximate surface area is 210 Å². The van der Waals surface area contributed by atoms with Crippen LogP contribution in [0, 0.1) is 0 Å². The molecule has 0 saturated heterocycles. The van der Waals surface area contributed by atoms with E-state index < -0.39 is 0 Å². The summed E-state index contributed by atoms with van der Waals surface area (Å²) < 4.78 is 13.6. The second-order valence-electron chi connectivity index (χ2n) is 8.72. The summed E-state index contributed by atoms with van der Waals surface area (Å²) in [6, 6.07) is 2.18. The van der Waals surface area contributed by atoms with Crippen molar-refractivity contribution in [2.24, 2.45) is 17.8 Å². The molecule has 0 amide bonds. The Bertz CT molecular complexity index is 1290. The van der Waals surface area contributed by atoms with Gasteiger partial charge in [0, 0.05) is 31.6 Å². The second-order valence-corrected chi connectivity index (χ2v) is 8.72. The van der Waals surface area contributed by atoms with E-state index in [-0.39, 0.29) is 25.1 Å². The Balaban J connectivity index is 1.89. The van der Waals surface area contributed by atoms with Crippen molar-refractivity contribution in [2.45, 2.75) is 26.8 Å². The Morgan fingerprint density at radius 2 is 2.17 bits per heavy atom. The van der Waals surface area contributed by atoms with Crippen molar-refractivity contribution in [3.05, 3.63) is 41.7 Å². The molecule has 0 aliphatic carbocycles. The van der Waals surface area contributed by atoms with Crippen LogP contribution in [0.2, 0.25) is 0 Å². The minimum absolute atomic E-state index is 0.0666. The second kappa shape index (κ2) is 11.4. The molecular formula is C25H34N8O3. The smallest absolute Gasteiger partial charge is 0.221 e. The van der Waals surface area contributed by atoms with Crippen LogP contribution >= 0.6 is 0 Å². The van der Waals surface area contributed by atoms with Gasteiger partial charge in [0.25, 0.3) is 0 Å². The van der Waals surface area contributed by atoms with Gasteiger partial charge in [0.2, 0.25) is 5.88 Å². The number of H-pyrrole nitrogens is 1. The van der Waals surface area contributed by atoms with Crippen LogP contribution in [0.1, 0.15) is 26.5 Å². The van der Waals surface area contributed by atoms with Gasteiger partial charge >= 0.3 is 0 Å². The first-order valence-electron chi connectivity index (χ1n) is 12.1. The van der Waals surface area contributed by atoms with E-state index >= 15 is 0 Å². The number of pyridine rings is 1. The molecular weight excluding hydrogens is 460 g/mol. The molecule has 0 spiro atoms. The lowest BCUT2D eigenvalue weighted by atomic mass is 10.1. The lowest BCUT2D eigenvalue weighted by Gasteiger charge is -2.27. The van der Waals surface area contributed by atoms with Crippen molar-refractivity contribution in [1.82, 2.24) is 29.9 Å². The van der Waals surface area contributed by atoms with Gasteiger partial charge in [0.05, 0.1) is 65.9 Å². The minimum Gasteiger partial charge on any atom is -0.479 e. The zero-order valence-electron chi connectivity index (χ0n) is 21.2. The third-order valence-corrected chi connectivity index (χ3v) is 6.02. The van der Waals surface area contributed by atoms with Gasteiger partial charge in [-0.1, -0.05) is 0 Å². The Morgan fingerprint density at radius 3 is 2.92 bits per heavy atom. The molecule has 0 saturated carbocycles. The number of aliphatic hydroxyl groups excluding tert-OH is 1. The number of aliphatic imine (C=N–C) groups is 1. The summed E-state index contributed by atoms with van der Waals surface area (Å²) in [7, 11) is 1.85. The van der Waals surface area contributed by atoms with Crippen LogP contribution in [-0.4, -0.2) is 86.2 Å². The number of rotatable bonds is 5. The molecule has 36 heavy (non-hydrogen) atoms. The van der Waals surface area contributed by atoms with Gasteiger partial charge in [-0.2, -0.15) is 10.2 Å². The maximum atomic E-state index is 9.49. The van der Waals surface area contributed by atoms with Gasteiger partial charge in [0.1, 0.15) is 6.61 Å². The zero-order valence-corrected chi connectivity index (χ0v) is 21.2. The first-order valence-corrected chi connectivity index (χ1v) is 12.1. The quantitative estimate of drug-likeness (QED) is 0.458. The first-order chi connectivity index (χ1) is 17.4. The normalized spacial score (nSPS) is 18.7. The molecule has 4 N–H and O–H groups in total. The maximum Gasteiger partial charge on any atom is 0.221 e. The zero-order chi connectivity index (χ0) is 25.7. The molecule has 11 heteroatoms. The highest BCUT2D eigenvalue weighted by molar-refractivity contribution is 6.05. The van der Waals surface area contributed by atoms with E-state index in [0.29, 0.717) is 37.8 Å². The first kappa shape index (κ1) is 25.4. The van der Waals surface area contributed by atoms with Gasteiger partial charge in [0.15, 0.2) is 5.88 Å². The fourth-order valence-electron chi connectivity index (χ4n) is 4.08. The standard InChI is InChI=1S/C25H34N8O3/c1-5-35-24(26)17-6-7-20-18-12-21(28-14-22(18)31-30-20)19-13-29-32(4)25(19)36-11-9-33(16(2)3)15-23(17)27-8-10-34/h6-7,12-14,16,34H,5,8-11,15,26H2,1-4H3,(H,30,31)/b7-6+,24-17+,27-23?. The predicted molar refractivity (Wildman–Crippen MR) is 140 cm³/mol. The highest BCUT2D eigenvalue weighted by Crippen LogP contribution is 2.31. The molecule has 11 nitrogen and oxygen atoms in total. The van der Waals surface area contributed by atoms with Gasteiger partial charge in [-0.05, 0) is 39.0 Å². The van der Waals surface area contributed by atoms with E-state index in [9.17, 15) is 5.11 Å². The summed E-state index contributed by atoms with van der Waals surface area (Å²) in [5, 5.41) is 22.3. The fraction of sp³-hybridized carbons (Fsp3) is 0.440. The van der Waals surface area contributed by atoms with E-state index in [0.717, 1.165) is 33.6 Å². The topological polar surface area (TPSA) is 140 Å². The van der Waals surface area contributed by atoms with Gasteiger partial charge in [-0.15, -0.1) is 0 Å². The lowest BCUT2D eigenvalue weighted by Crippen LogP contribution is -2.39. The van der Waals surface area contributed by atoms with Crippen molar-refractivity contribution in [2.75, 3.05) is 39.5 Å². The minimum atomic E-state index is -0.0666. The summed E-state index contributed by atoms with van der Waals surface area (Å²) >= 11 is 0. The van der Waals surface area contributed by atoms with Crippen LogP contribution in [0.3, 0.4) is 0 Å². The molecule has 3 aromatic heterocycles. The van der Waals surface area contributed by atoms with Crippen LogP contribution in [0.25, 0.3) is 28.2 Å². The van der Waals surface area contributed by atoms with Crippen molar-refractivity contribution in [3.8, 4) is 17.1 Å². The van der Waals surface area contributed by atoms with Crippen molar-refractivity contribution < 1.29 is 14.6 Å². The molecule has 1 aliphatic heterocycles. The maximum absolute atomic E-state index is 9.49. The molecule has 4 rings (SSSR count). The predicted octanol–water partition coefficient (Wildman–Crippen LogP) is 2.11. The number of hydrogen-bond acceptors (Lipinski definition) is 9. The average molecular weight is 495 g/mol. The summed E-state index contributed by atoms with van der Waals surface area (Å²) in [5.41, 5.74) is 10.8. The van der Waals surface area contributed by atoms with E-state index in [1.54, 1.807) is 17.1 Å². The van der Waals surface area contributed by atoms with Gasteiger partial charge in [-0.25, -0.2) is 4.68 Å². The molecule has 0 unspecified atom stereocenters. The van der Waals surface area contributed by atoms with Crippen LogP contribution in [0.5, 0.6) is 5.88 Å². The average Bonchev–Trinajstić information content (AvgIpc) is 3.43. The summed E-state index contributed by atoms with van der Waals surface area (Å²) in [6.45, 7) is 8.31. The van der Waals surface area contributed by atoms with E-state index in [1.807, 2.05) is 32.2 Å². The SMILES string of the molecule is CCO/C(N)=C1\C=C\c2n[nH]c3cnc(cc23)-c2cnn(C)c2OCCN(C(C)C)CC1=NCCO. The van der Waals surface area contributed by atoms with E-state index in [1.165, 1.54) is 0 Å². The van der Waals surface area contributed by atoms with Crippen LogP contribution in [0.15, 0.2) is 41.0 Å². The Kier molecular flexibility index (Phi) is 8.01. The van der Waals surface area contributed by atoms with Crippen molar-refractivity contribution >= 4 is 22.7 Å². The Morgan fingerprint density at radius 1 is 1.33 bits per heavy atom. The third-order valence-electron chi connectivity index (χ3n) is 6.02. The number of aromatic nitrogens is 5. The van der Waals surface area contributed by atoms with Crippen LogP contribution in [0.4, 0.5) is 0 Å². The highest BCUT2D eigenvalue weighted by atomic mass is 16.5. The number of hydrogen-bond donors (Lipinski definition) is 3. The number of nitrogens with two attached hydrogens (primary N) is 1. The molecule has 0 atom stereocenters. The number of fused-ring (bicyclic) bond motifs is 3. The molecule has 4 heterocycles. The number of aryl methyl sites for hydroxylation is 1. The molecule has 1 aliphatic rings. The molecule has 2 bridgehead atoms. The molecule has 0 fully saturated rings. The van der Waals surface area contributed by atoms with Crippen LogP contribution in [-0.2, 0) is 11.8 Å².